The van der Waals surface area contributed by atoms with Gasteiger partial charge in [0.2, 0.25) is 0 Å². The van der Waals surface area contributed by atoms with Crippen molar-refractivity contribution < 1.29 is 4.74 Å². The summed E-state index contributed by atoms with van der Waals surface area (Å²) in [6, 6.07) is 0. The molecule has 0 N–H and O–H groups in total. The third kappa shape index (κ3) is 2.98. The van der Waals surface area contributed by atoms with Gasteiger partial charge in [-0.3, -0.25) is 4.68 Å². The summed E-state index contributed by atoms with van der Waals surface area (Å²) in [4.78, 5) is 0. The van der Waals surface area contributed by atoms with Gasteiger partial charge in [-0.25, -0.2) is 0 Å². The van der Waals surface area contributed by atoms with Crippen LogP contribution in [0.1, 0.15) is 45.4 Å². The lowest BCUT2D eigenvalue weighted by molar-refractivity contribution is 0.155. The molecule has 84 valence electrons. The second-order valence-corrected chi connectivity index (χ2v) is 4.32. The zero-order valence-electron chi connectivity index (χ0n) is 9.48. The van der Waals surface area contributed by atoms with Crippen molar-refractivity contribution in [3.8, 4) is 5.75 Å². The molecule has 0 aliphatic heterocycles. The quantitative estimate of drug-likeness (QED) is 0.760. The Balaban J connectivity index is 1.86. The molecule has 0 amide bonds. The van der Waals surface area contributed by atoms with Crippen LogP contribution >= 0.6 is 0 Å². The first-order chi connectivity index (χ1) is 7.38. The average Bonchev–Trinajstić information content (AvgIpc) is 2.68. The van der Waals surface area contributed by atoms with E-state index in [0.717, 1.165) is 18.7 Å². The van der Waals surface area contributed by atoms with Crippen LogP contribution in [0.5, 0.6) is 5.75 Å². The molecule has 3 nitrogen and oxygen atoms in total. The van der Waals surface area contributed by atoms with Gasteiger partial charge in [-0.1, -0.05) is 13.3 Å². The third-order valence-electron chi connectivity index (χ3n) is 2.92. The highest BCUT2D eigenvalue weighted by Crippen LogP contribution is 2.22. The summed E-state index contributed by atoms with van der Waals surface area (Å²) in [6.45, 7) is 3.14. The van der Waals surface area contributed by atoms with Crippen molar-refractivity contribution in [3.63, 3.8) is 0 Å². The number of ether oxygens (including phenoxy) is 1. The topological polar surface area (TPSA) is 27.1 Å². The van der Waals surface area contributed by atoms with E-state index < -0.39 is 0 Å². The highest BCUT2D eigenvalue weighted by molar-refractivity contribution is 5.12. The fourth-order valence-electron chi connectivity index (χ4n) is 2.13. The molecular formula is C12H20N2O. The van der Waals surface area contributed by atoms with E-state index in [2.05, 4.69) is 12.0 Å². The van der Waals surface area contributed by atoms with E-state index in [1.165, 1.54) is 32.1 Å². The maximum Gasteiger partial charge on any atom is 0.157 e. The van der Waals surface area contributed by atoms with Crippen molar-refractivity contribution >= 4 is 0 Å². The summed E-state index contributed by atoms with van der Waals surface area (Å²) < 4.78 is 7.86. The van der Waals surface area contributed by atoms with Gasteiger partial charge in [0, 0.05) is 6.54 Å². The van der Waals surface area contributed by atoms with E-state index in [1.54, 1.807) is 0 Å². The van der Waals surface area contributed by atoms with Crippen molar-refractivity contribution in [3.05, 3.63) is 12.4 Å². The predicted molar refractivity (Wildman–Crippen MR) is 60.0 cm³/mol. The number of hydrogen-bond acceptors (Lipinski definition) is 2. The lowest BCUT2D eigenvalue weighted by atomic mass is 9.98. The lowest BCUT2D eigenvalue weighted by Crippen LogP contribution is -2.19. The van der Waals surface area contributed by atoms with Crippen molar-refractivity contribution in [2.45, 2.75) is 58.1 Å². The van der Waals surface area contributed by atoms with Crippen LogP contribution in [0.25, 0.3) is 0 Å². The Bertz CT molecular complexity index is 290. The van der Waals surface area contributed by atoms with E-state index in [0.29, 0.717) is 6.10 Å². The lowest BCUT2D eigenvalue weighted by Gasteiger charge is -2.21. The average molecular weight is 208 g/mol. The Hall–Kier alpha value is -0.990. The molecule has 1 aromatic heterocycles. The molecule has 1 aromatic rings. The van der Waals surface area contributed by atoms with Crippen LogP contribution in [-0.4, -0.2) is 15.9 Å². The molecule has 15 heavy (non-hydrogen) atoms. The SMILES string of the molecule is CCCn1cc(OC2CCCCC2)cn1. The molecular weight excluding hydrogens is 188 g/mol. The molecule has 0 unspecified atom stereocenters. The second kappa shape index (κ2) is 5.19. The van der Waals surface area contributed by atoms with Crippen molar-refractivity contribution in [1.29, 1.82) is 0 Å². The molecule has 3 heteroatoms. The number of rotatable bonds is 4. The number of aryl methyl sites for hydroxylation is 1. The van der Waals surface area contributed by atoms with Crippen LogP contribution in [-0.2, 0) is 6.54 Å². The molecule has 0 radical (unpaired) electrons. The molecule has 0 spiro atoms. The Labute approximate surface area is 91.4 Å². The van der Waals surface area contributed by atoms with Gasteiger partial charge in [-0.15, -0.1) is 0 Å². The van der Waals surface area contributed by atoms with Gasteiger partial charge in [-0.05, 0) is 32.1 Å². The fourth-order valence-corrected chi connectivity index (χ4v) is 2.13. The van der Waals surface area contributed by atoms with Crippen LogP contribution in [0, 0.1) is 0 Å². The van der Waals surface area contributed by atoms with Gasteiger partial charge in [0.05, 0.1) is 18.5 Å². The molecule has 0 saturated heterocycles. The standard InChI is InChI=1S/C12H20N2O/c1-2-8-14-10-12(9-13-14)15-11-6-4-3-5-7-11/h9-11H,2-8H2,1H3. The van der Waals surface area contributed by atoms with Crippen molar-refractivity contribution in [1.82, 2.24) is 9.78 Å². The van der Waals surface area contributed by atoms with Crippen molar-refractivity contribution in [2.24, 2.45) is 0 Å². The molecule has 0 atom stereocenters. The molecule has 1 heterocycles. The first-order valence-corrected chi connectivity index (χ1v) is 6.07. The number of aromatic nitrogens is 2. The van der Waals surface area contributed by atoms with Gasteiger partial charge in [0.15, 0.2) is 5.75 Å². The Morgan fingerprint density at radius 3 is 2.93 bits per heavy atom. The molecule has 0 bridgehead atoms. The van der Waals surface area contributed by atoms with E-state index >= 15 is 0 Å². The zero-order chi connectivity index (χ0) is 10.5. The van der Waals surface area contributed by atoms with Gasteiger partial charge in [-0.2, -0.15) is 5.10 Å². The first-order valence-electron chi connectivity index (χ1n) is 6.07. The van der Waals surface area contributed by atoms with Crippen LogP contribution in [0.15, 0.2) is 12.4 Å². The highest BCUT2D eigenvalue weighted by Gasteiger charge is 2.15. The van der Waals surface area contributed by atoms with Gasteiger partial charge < -0.3 is 4.74 Å². The Kier molecular flexibility index (Phi) is 3.64. The zero-order valence-corrected chi connectivity index (χ0v) is 9.48. The van der Waals surface area contributed by atoms with Gasteiger partial charge >= 0.3 is 0 Å². The Morgan fingerprint density at radius 1 is 1.40 bits per heavy atom. The van der Waals surface area contributed by atoms with E-state index in [1.807, 2.05) is 17.1 Å². The van der Waals surface area contributed by atoms with Crippen LogP contribution in [0.2, 0.25) is 0 Å². The minimum Gasteiger partial charge on any atom is -0.487 e. The summed E-state index contributed by atoms with van der Waals surface area (Å²) in [5.74, 6) is 0.940. The maximum absolute atomic E-state index is 5.90. The van der Waals surface area contributed by atoms with Gasteiger partial charge in [0.1, 0.15) is 0 Å². The van der Waals surface area contributed by atoms with Crippen molar-refractivity contribution in [2.75, 3.05) is 0 Å². The van der Waals surface area contributed by atoms with Gasteiger partial charge in [0.25, 0.3) is 0 Å². The number of hydrogen-bond donors (Lipinski definition) is 0. The monoisotopic (exact) mass is 208 g/mol. The smallest absolute Gasteiger partial charge is 0.157 e. The molecule has 0 aromatic carbocycles. The van der Waals surface area contributed by atoms with E-state index in [-0.39, 0.29) is 0 Å². The molecule has 1 saturated carbocycles. The molecule has 1 aliphatic carbocycles. The third-order valence-corrected chi connectivity index (χ3v) is 2.92. The summed E-state index contributed by atoms with van der Waals surface area (Å²) in [5, 5.41) is 4.26. The van der Waals surface area contributed by atoms with Crippen LogP contribution in [0.3, 0.4) is 0 Å². The van der Waals surface area contributed by atoms with E-state index in [4.69, 9.17) is 4.74 Å². The second-order valence-electron chi connectivity index (χ2n) is 4.32. The molecule has 1 fully saturated rings. The minimum atomic E-state index is 0.429. The minimum absolute atomic E-state index is 0.429. The highest BCUT2D eigenvalue weighted by atomic mass is 16.5. The fraction of sp³-hybridized carbons (Fsp3) is 0.750. The van der Waals surface area contributed by atoms with Crippen LogP contribution in [0.4, 0.5) is 0 Å². The first kappa shape index (κ1) is 10.5. The maximum atomic E-state index is 5.90. The normalized spacial score (nSPS) is 17.9. The number of nitrogens with zero attached hydrogens (tertiary/aromatic N) is 2. The van der Waals surface area contributed by atoms with E-state index in [9.17, 15) is 0 Å². The largest absolute Gasteiger partial charge is 0.487 e. The predicted octanol–water partition coefficient (Wildman–Crippen LogP) is 3.00. The summed E-state index contributed by atoms with van der Waals surface area (Å²) in [5.41, 5.74) is 0. The molecule has 2 rings (SSSR count). The van der Waals surface area contributed by atoms with Crippen LogP contribution < -0.4 is 4.74 Å². The molecule has 1 aliphatic rings. The summed E-state index contributed by atoms with van der Waals surface area (Å²) in [7, 11) is 0. The summed E-state index contributed by atoms with van der Waals surface area (Å²) >= 11 is 0. The Morgan fingerprint density at radius 2 is 2.20 bits per heavy atom. The summed E-state index contributed by atoms with van der Waals surface area (Å²) in [6.07, 6.45) is 11.8.